The standard InChI is InChI=1S/C16H20ClN7O2/c17-13(22-11-2-6-25-7-3-11)12-14(19)26-5-1-4-20-15-10(8-18)9-21-16(23-12)24-15/h9,11,19,22H,1-7H2,(H2,20,21,23,24)/b13-12+,19-14?. The molecule has 4 N–H and O–H groups in total. The molecule has 138 valence electrons. The van der Waals surface area contributed by atoms with Gasteiger partial charge in [-0.1, -0.05) is 11.6 Å². The number of hydrogen-bond donors (Lipinski definition) is 4. The number of hydrogen-bond acceptors (Lipinski definition) is 9. The summed E-state index contributed by atoms with van der Waals surface area (Å²) in [6.07, 6.45) is 3.74. The van der Waals surface area contributed by atoms with Gasteiger partial charge in [-0.05, 0) is 19.3 Å². The first-order valence-electron chi connectivity index (χ1n) is 8.41. The monoisotopic (exact) mass is 377 g/mol. The summed E-state index contributed by atoms with van der Waals surface area (Å²) in [6.45, 7) is 2.24. The van der Waals surface area contributed by atoms with E-state index in [-0.39, 0.29) is 28.7 Å². The van der Waals surface area contributed by atoms with E-state index in [1.165, 1.54) is 6.20 Å². The summed E-state index contributed by atoms with van der Waals surface area (Å²) in [5.41, 5.74) is 0.610. The predicted octanol–water partition coefficient (Wildman–Crippen LogP) is 1.75. The van der Waals surface area contributed by atoms with Crippen molar-refractivity contribution in [2.75, 3.05) is 37.0 Å². The minimum Gasteiger partial charge on any atom is -0.476 e. The summed E-state index contributed by atoms with van der Waals surface area (Å²) in [6, 6.07) is 2.22. The van der Waals surface area contributed by atoms with E-state index < -0.39 is 0 Å². The Bertz CT molecular complexity index is 741. The van der Waals surface area contributed by atoms with E-state index >= 15 is 0 Å². The van der Waals surface area contributed by atoms with Gasteiger partial charge in [-0.15, -0.1) is 0 Å². The van der Waals surface area contributed by atoms with Crippen molar-refractivity contribution in [1.82, 2.24) is 15.3 Å². The lowest BCUT2D eigenvalue weighted by Crippen LogP contribution is -2.35. The first-order chi connectivity index (χ1) is 12.7. The van der Waals surface area contributed by atoms with Crippen molar-refractivity contribution in [2.24, 2.45) is 0 Å². The van der Waals surface area contributed by atoms with Crippen LogP contribution in [0.2, 0.25) is 0 Å². The Hall–Kier alpha value is -2.57. The third-order valence-corrected chi connectivity index (χ3v) is 4.30. The number of nitrogens with one attached hydrogen (secondary N) is 4. The zero-order chi connectivity index (χ0) is 18.4. The Balaban J connectivity index is 1.87. The van der Waals surface area contributed by atoms with Gasteiger partial charge in [-0.3, -0.25) is 5.41 Å². The maximum atomic E-state index is 9.17. The molecule has 0 atom stereocenters. The van der Waals surface area contributed by atoms with E-state index in [1.807, 2.05) is 0 Å². The second-order valence-corrected chi connectivity index (χ2v) is 6.25. The van der Waals surface area contributed by atoms with Gasteiger partial charge in [-0.2, -0.15) is 10.2 Å². The fourth-order valence-corrected chi connectivity index (χ4v) is 2.89. The number of aromatic nitrogens is 2. The van der Waals surface area contributed by atoms with E-state index in [2.05, 4.69) is 32.0 Å². The quantitative estimate of drug-likeness (QED) is 0.574. The lowest BCUT2D eigenvalue weighted by atomic mass is 10.1. The van der Waals surface area contributed by atoms with E-state index in [4.69, 9.17) is 26.5 Å². The lowest BCUT2D eigenvalue weighted by Gasteiger charge is -2.25. The van der Waals surface area contributed by atoms with Gasteiger partial charge in [0.2, 0.25) is 11.8 Å². The van der Waals surface area contributed by atoms with Crippen molar-refractivity contribution < 1.29 is 9.47 Å². The van der Waals surface area contributed by atoms with E-state index in [0.717, 1.165) is 12.8 Å². The number of rotatable bonds is 2. The van der Waals surface area contributed by atoms with Crippen LogP contribution in [-0.4, -0.2) is 48.3 Å². The molecule has 1 saturated heterocycles. The molecule has 9 nitrogen and oxygen atoms in total. The molecule has 0 saturated carbocycles. The van der Waals surface area contributed by atoms with Crippen LogP contribution in [0.1, 0.15) is 24.8 Å². The Morgan fingerprint density at radius 3 is 2.96 bits per heavy atom. The van der Waals surface area contributed by atoms with Crippen LogP contribution in [0.25, 0.3) is 0 Å². The Labute approximate surface area is 156 Å². The smallest absolute Gasteiger partial charge is 0.233 e. The van der Waals surface area contributed by atoms with Crippen molar-refractivity contribution in [3.63, 3.8) is 0 Å². The lowest BCUT2D eigenvalue weighted by molar-refractivity contribution is 0.0808. The molecule has 2 bridgehead atoms. The third kappa shape index (κ3) is 4.53. The number of halogens is 1. The third-order valence-electron chi connectivity index (χ3n) is 4.00. The molecule has 0 spiro atoms. The van der Waals surface area contributed by atoms with Crippen LogP contribution in [0, 0.1) is 16.7 Å². The van der Waals surface area contributed by atoms with Gasteiger partial charge < -0.3 is 25.4 Å². The summed E-state index contributed by atoms with van der Waals surface area (Å²) in [4.78, 5) is 8.43. The molecular formula is C16H20ClN7O2. The maximum Gasteiger partial charge on any atom is 0.233 e. The second-order valence-electron chi connectivity index (χ2n) is 5.87. The highest BCUT2D eigenvalue weighted by molar-refractivity contribution is 6.31. The zero-order valence-electron chi connectivity index (χ0n) is 14.1. The molecule has 1 aromatic rings. The minimum absolute atomic E-state index is 0.0917. The average molecular weight is 378 g/mol. The first-order valence-corrected chi connectivity index (χ1v) is 8.79. The average Bonchev–Trinajstić information content (AvgIpc) is 2.68. The van der Waals surface area contributed by atoms with Gasteiger partial charge >= 0.3 is 0 Å². The first kappa shape index (κ1) is 18.2. The van der Waals surface area contributed by atoms with Crippen LogP contribution in [0.15, 0.2) is 17.1 Å². The molecule has 0 aliphatic carbocycles. The van der Waals surface area contributed by atoms with Crippen molar-refractivity contribution >= 4 is 29.3 Å². The molecule has 1 fully saturated rings. The van der Waals surface area contributed by atoms with Crippen LogP contribution < -0.4 is 16.0 Å². The van der Waals surface area contributed by atoms with Crippen LogP contribution in [0.5, 0.6) is 0 Å². The molecular weight excluding hydrogens is 358 g/mol. The summed E-state index contributed by atoms with van der Waals surface area (Å²) >= 11 is 6.44. The van der Waals surface area contributed by atoms with Gasteiger partial charge in [0.25, 0.3) is 0 Å². The molecule has 3 rings (SSSR count). The Kier molecular flexibility index (Phi) is 6.09. The number of anilines is 2. The van der Waals surface area contributed by atoms with Gasteiger partial charge in [0.05, 0.1) is 12.8 Å². The molecule has 0 aromatic carbocycles. The summed E-state index contributed by atoms with van der Waals surface area (Å²) in [5.74, 6) is 0.570. The van der Waals surface area contributed by atoms with Gasteiger partial charge in [0.15, 0.2) is 0 Å². The largest absolute Gasteiger partial charge is 0.476 e. The molecule has 2 aliphatic heterocycles. The molecule has 1 aromatic heterocycles. The van der Waals surface area contributed by atoms with Gasteiger partial charge in [-0.25, -0.2) is 4.98 Å². The van der Waals surface area contributed by atoms with Gasteiger partial charge in [0.1, 0.15) is 28.3 Å². The highest BCUT2D eigenvalue weighted by atomic mass is 35.5. The Morgan fingerprint density at radius 1 is 1.38 bits per heavy atom. The minimum atomic E-state index is -0.0917. The highest BCUT2D eigenvalue weighted by Crippen LogP contribution is 2.19. The number of ether oxygens (including phenoxy) is 2. The topological polar surface area (TPSA) is 128 Å². The normalized spacial score (nSPS) is 20.5. The van der Waals surface area contributed by atoms with Gasteiger partial charge in [0, 0.05) is 25.8 Å². The molecule has 26 heavy (non-hydrogen) atoms. The van der Waals surface area contributed by atoms with Crippen molar-refractivity contribution in [1.29, 1.82) is 10.7 Å². The van der Waals surface area contributed by atoms with Crippen molar-refractivity contribution in [2.45, 2.75) is 25.3 Å². The molecule has 0 amide bonds. The number of nitriles is 1. The summed E-state index contributed by atoms with van der Waals surface area (Å²) in [5, 5.41) is 26.9. The van der Waals surface area contributed by atoms with Crippen LogP contribution in [0.3, 0.4) is 0 Å². The SMILES string of the molecule is N#Cc1cnc2nc1NCCCOC(=N)/C(=C(/Cl)NC1CCOCC1)N2. The predicted molar refractivity (Wildman–Crippen MR) is 97.0 cm³/mol. The molecule has 0 radical (unpaired) electrons. The maximum absolute atomic E-state index is 9.17. The van der Waals surface area contributed by atoms with Crippen LogP contribution in [0.4, 0.5) is 11.8 Å². The fraction of sp³-hybridized carbons (Fsp3) is 0.500. The van der Waals surface area contributed by atoms with Crippen LogP contribution in [-0.2, 0) is 9.47 Å². The van der Waals surface area contributed by atoms with Crippen LogP contribution >= 0.6 is 11.6 Å². The highest BCUT2D eigenvalue weighted by Gasteiger charge is 2.20. The second kappa shape index (κ2) is 8.69. The molecule has 3 heterocycles. The van der Waals surface area contributed by atoms with E-state index in [9.17, 15) is 5.26 Å². The molecule has 2 aliphatic rings. The van der Waals surface area contributed by atoms with E-state index in [1.54, 1.807) is 0 Å². The van der Waals surface area contributed by atoms with E-state index in [0.29, 0.717) is 44.2 Å². The Morgan fingerprint density at radius 2 is 2.19 bits per heavy atom. The molecule has 10 heteroatoms. The number of fused-ring (bicyclic) bond motifs is 2. The zero-order valence-corrected chi connectivity index (χ0v) is 14.9. The van der Waals surface area contributed by atoms with Crippen molar-refractivity contribution in [3.8, 4) is 6.07 Å². The number of nitrogens with zero attached hydrogens (tertiary/aromatic N) is 3. The van der Waals surface area contributed by atoms with Crippen molar-refractivity contribution in [3.05, 3.63) is 22.6 Å². The summed E-state index contributed by atoms with van der Waals surface area (Å²) < 4.78 is 10.8. The summed E-state index contributed by atoms with van der Waals surface area (Å²) in [7, 11) is 0. The molecule has 0 unspecified atom stereocenters. The fourth-order valence-electron chi connectivity index (χ4n) is 2.60.